The summed E-state index contributed by atoms with van der Waals surface area (Å²) in [5.41, 5.74) is 4.05. The Bertz CT molecular complexity index is 395. The molecule has 0 saturated heterocycles. The third-order valence-electron chi connectivity index (χ3n) is 1.75. The molecule has 0 aliphatic rings. The summed E-state index contributed by atoms with van der Waals surface area (Å²) in [4.78, 5) is 22.3. The minimum Gasteiger partial charge on any atom is -0.337 e. The van der Waals surface area contributed by atoms with Gasteiger partial charge in [0.15, 0.2) is 0 Å². The number of carbonyl (C=O) groups excluding carboxylic acids is 2. The molecule has 0 unspecified atom stereocenters. The van der Waals surface area contributed by atoms with Gasteiger partial charge in [-0.1, -0.05) is 12.1 Å². The Morgan fingerprint density at radius 1 is 1.25 bits per heavy atom. The second kappa shape index (κ2) is 5.69. The van der Waals surface area contributed by atoms with Crippen LogP contribution in [0.5, 0.6) is 0 Å². The van der Waals surface area contributed by atoms with Crippen LogP contribution >= 0.6 is 0 Å². The van der Waals surface area contributed by atoms with Crippen LogP contribution in [0.1, 0.15) is 17.3 Å². The van der Waals surface area contributed by atoms with Crippen molar-refractivity contribution in [1.29, 1.82) is 0 Å². The zero-order chi connectivity index (χ0) is 12.0. The van der Waals surface area contributed by atoms with Gasteiger partial charge in [-0.2, -0.15) is 0 Å². The highest BCUT2D eigenvalue weighted by atomic mass is 19.1. The van der Waals surface area contributed by atoms with Crippen LogP contribution in [0.3, 0.4) is 0 Å². The van der Waals surface area contributed by atoms with E-state index in [2.05, 4.69) is 16.2 Å². The van der Waals surface area contributed by atoms with E-state index in [0.717, 1.165) is 0 Å². The SMILES string of the molecule is CCNC(=O)NNC(=O)c1ccccc1F. The molecule has 0 radical (unpaired) electrons. The molecule has 0 heterocycles. The zero-order valence-corrected chi connectivity index (χ0v) is 8.71. The van der Waals surface area contributed by atoms with Crippen LogP contribution in [0.4, 0.5) is 9.18 Å². The van der Waals surface area contributed by atoms with E-state index in [1.165, 1.54) is 24.3 Å². The highest BCUT2D eigenvalue weighted by Crippen LogP contribution is 2.04. The van der Waals surface area contributed by atoms with E-state index in [1.807, 2.05) is 0 Å². The number of amides is 3. The van der Waals surface area contributed by atoms with Gasteiger partial charge in [0.2, 0.25) is 0 Å². The lowest BCUT2D eigenvalue weighted by atomic mass is 10.2. The Labute approximate surface area is 92.0 Å². The maximum absolute atomic E-state index is 13.1. The van der Waals surface area contributed by atoms with E-state index in [4.69, 9.17) is 0 Å². The molecule has 0 spiro atoms. The van der Waals surface area contributed by atoms with Crippen molar-refractivity contribution in [3.8, 4) is 0 Å². The molecule has 0 fully saturated rings. The number of hydrogen-bond donors (Lipinski definition) is 3. The van der Waals surface area contributed by atoms with Gasteiger partial charge in [0.1, 0.15) is 5.82 Å². The summed E-state index contributed by atoms with van der Waals surface area (Å²) in [7, 11) is 0. The monoisotopic (exact) mass is 225 g/mol. The van der Waals surface area contributed by atoms with Crippen molar-refractivity contribution >= 4 is 11.9 Å². The van der Waals surface area contributed by atoms with Crippen molar-refractivity contribution in [2.45, 2.75) is 6.92 Å². The Morgan fingerprint density at radius 2 is 1.94 bits per heavy atom. The smallest absolute Gasteiger partial charge is 0.333 e. The number of benzene rings is 1. The van der Waals surface area contributed by atoms with E-state index >= 15 is 0 Å². The van der Waals surface area contributed by atoms with Crippen molar-refractivity contribution in [3.05, 3.63) is 35.6 Å². The molecule has 0 bridgehead atoms. The second-order valence-electron chi connectivity index (χ2n) is 2.92. The van der Waals surface area contributed by atoms with Gasteiger partial charge < -0.3 is 5.32 Å². The van der Waals surface area contributed by atoms with Crippen LogP contribution in [-0.4, -0.2) is 18.5 Å². The van der Waals surface area contributed by atoms with Gasteiger partial charge in [-0.05, 0) is 19.1 Å². The summed E-state index contributed by atoms with van der Waals surface area (Å²) >= 11 is 0. The van der Waals surface area contributed by atoms with Crippen LogP contribution in [0.25, 0.3) is 0 Å². The quantitative estimate of drug-likeness (QED) is 0.651. The average Bonchev–Trinajstić information content (AvgIpc) is 2.27. The van der Waals surface area contributed by atoms with E-state index in [9.17, 15) is 14.0 Å². The van der Waals surface area contributed by atoms with Crippen LogP contribution in [0, 0.1) is 5.82 Å². The molecular weight excluding hydrogens is 213 g/mol. The number of hydrazine groups is 1. The second-order valence-corrected chi connectivity index (χ2v) is 2.92. The third-order valence-corrected chi connectivity index (χ3v) is 1.75. The van der Waals surface area contributed by atoms with Crippen molar-refractivity contribution in [1.82, 2.24) is 16.2 Å². The first kappa shape index (κ1) is 12.0. The first-order chi connectivity index (χ1) is 7.65. The molecule has 1 aromatic rings. The molecule has 3 amide bonds. The number of carbonyl (C=O) groups is 2. The van der Waals surface area contributed by atoms with Gasteiger partial charge >= 0.3 is 6.03 Å². The lowest BCUT2D eigenvalue weighted by molar-refractivity contribution is 0.0932. The molecule has 1 aromatic carbocycles. The highest BCUT2D eigenvalue weighted by molar-refractivity contribution is 5.95. The molecule has 0 aliphatic carbocycles. The predicted octanol–water partition coefficient (Wildman–Crippen LogP) is 0.790. The number of rotatable bonds is 2. The molecule has 1 rings (SSSR count). The average molecular weight is 225 g/mol. The van der Waals surface area contributed by atoms with Gasteiger partial charge in [0.05, 0.1) is 5.56 Å². The lowest BCUT2D eigenvalue weighted by Crippen LogP contribution is -2.47. The van der Waals surface area contributed by atoms with Gasteiger partial charge in [-0.3, -0.25) is 10.2 Å². The van der Waals surface area contributed by atoms with E-state index < -0.39 is 17.8 Å². The summed E-state index contributed by atoms with van der Waals surface area (Å²) in [6, 6.07) is 4.95. The number of nitrogens with one attached hydrogen (secondary N) is 3. The zero-order valence-electron chi connectivity index (χ0n) is 8.71. The lowest BCUT2D eigenvalue weighted by Gasteiger charge is -2.07. The van der Waals surface area contributed by atoms with Crippen molar-refractivity contribution < 1.29 is 14.0 Å². The fourth-order valence-corrected chi connectivity index (χ4v) is 1.03. The highest BCUT2D eigenvalue weighted by Gasteiger charge is 2.10. The molecule has 16 heavy (non-hydrogen) atoms. The fraction of sp³-hybridized carbons (Fsp3) is 0.200. The normalized spacial score (nSPS) is 9.38. The first-order valence-electron chi connectivity index (χ1n) is 4.74. The van der Waals surface area contributed by atoms with Gasteiger partial charge in [-0.25, -0.2) is 14.6 Å². The van der Waals surface area contributed by atoms with Crippen LogP contribution < -0.4 is 16.2 Å². The van der Waals surface area contributed by atoms with Crippen molar-refractivity contribution in [2.24, 2.45) is 0 Å². The number of halogens is 1. The van der Waals surface area contributed by atoms with Gasteiger partial charge in [-0.15, -0.1) is 0 Å². The summed E-state index contributed by atoms with van der Waals surface area (Å²) in [5, 5.41) is 2.41. The maximum Gasteiger partial charge on any atom is 0.333 e. The van der Waals surface area contributed by atoms with E-state index in [-0.39, 0.29) is 5.56 Å². The largest absolute Gasteiger partial charge is 0.337 e. The summed E-state index contributed by atoms with van der Waals surface area (Å²) in [5.74, 6) is -1.35. The fourth-order valence-electron chi connectivity index (χ4n) is 1.03. The number of urea groups is 1. The summed E-state index contributed by atoms with van der Waals surface area (Å²) in [6.45, 7) is 2.17. The van der Waals surface area contributed by atoms with Crippen molar-refractivity contribution in [2.75, 3.05) is 6.54 Å². The third kappa shape index (κ3) is 3.23. The molecule has 86 valence electrons. The van der Waals surface area contributed by atoms with Crippen LogP contribution in [0.15, 0.2) is 24.3 Å². The van der Waals surface area contributed by atoms with Crippen LogP contribution in [0.2, 0.25) is 0 Å². The van der Waals surface area contributed by atoms with Gasteiger partial charge in [0, 0.05) is 6.54 Å². The Balaban J connectivity index is 2.54. The molecular formula is C10H12FN3O2. The number of hydrogen-bond acceptors (Lipinski definition) is 2. The topological polar surface area (TPSA) is 70.2 Å². The molecule has 0 saturated carbocycles. The van der Waals surface area contributed by atoms with Crippen molar-refractivity contribution in [3.63, 3.8) is 0 Å². The molecule has 0 aliphatic heterocycles. The predicted molar refractivity (Wildman–Crippen MR) is 56.1 cm³/mol. The molecule has 0 aromatic heterocycles. The Hall–Kier alpha value is -2.11. The van der Waals surface area contributed by atoms with Gasteiger partial charge in [0.25, 0.3) is 5.91 Å². The van der Waals surface area contributed by atoms with E-state index in [1.54, 1.807) is 6.92 Å². The minimum atomic E-state index is -0.704. The molecule has 3 N–H and O–H groups in total. The molecule has 6 heteroatoms. The standard InChI is InChI=1S/C10H12FN3O2/c1-2-12-10(16)14-13-9(15)7-5-3-4-6-8(7)11/h3-6H,2H2,1H3,(H,13,15)(H2,12,14,16). The first-order valence-corrected chi connectivity index (χ1v) is 4.74. The minimum absolute atomic E-state index is 0.126. The Kier molecular flexibility index (Phi) is 4.26. The Morgan fingerprint density at radius 3 is 2.56 bits per heavy atom. The molecule has 0 atom stereocenters. The summed E-state index contributed by atoms with van der Waals surface area (Å²) in [6.07, 6.45) is 0. The maximum atomic E-state index is 13.1. The molecule has 5 nitrogen and oxygen atoms in total. The summed E-state index contributed by atoms with van der Waals surface area (Å²) < 4.78 is 13.1. The van der Waals surface area contributed by atoms with Crippen LogP contribution in [-0.2, 0) is 0 Å². The van der Waals surface area contributed by atoms with E-state index in [0.29, 0.717) is 6.54 Å².